The van der Waals surface area contributed by atoms with Crippen molar-refractivity contribution in [2.75, 3.05) is 73.0 Å². The minimum atomic E-state index is -1.19. The van der Waals surface area contributed by atoms with Crippen LogP contribution in [0.3, 0.4) is 0 Å². The summed E-state index contributed by atoms with van der Waals surface area (Å²) in [6.07, 6.45) is 16.0. The van der Waals surface area contributed by atoms with Crippen molar-refractivity contribution in [3.63, 3.8) is 0 Å². The highest BCUT2D eigenvalue weighted by Gasteiger charge is 2.21. The minimum Gasteiger partial charge on any atom is -0.481 e. The van der Waals surface area contributed by atoms with Crippen LogP contribution in [0.4, 0.5) is 0 Å². The van der Waals surface area contributed by atoms with Gasteiger partial charge in [0.1, 0.15) is 19.3 Å². The fourth-order valence-electron chi connectivity index (χ4n) is 5.76. The number of hydrogen-bond acceptors (Lipinski definition) is 11. The number of carboxylic acid groups (broad SMARTS) is 2. The van der Waals surface area contributed by atoms with Crippen molar-refractivity contribution in [3.8, 4) is 0 Å². The Labute approximate surface area is 350 Å². The van der Waals surface area contributed by atoms with Crippen LogP contribution in [0.2, 0.25) is 0 Å². The maximum Gasteiger partial charge on any atom is 0.326 e. The molecule has 0 aliphatic rings. The molecule has 0 bridgehead atoms. The molecule has 0 aromatic heterocycles. The van der Waals surface area contributed by atoms with E-state index in [9.17, 15) is 38.7 Å². The van der Waals surface area contributed by atoms with E-state index in [2.05, 4.69) is 26.6 Å². The quantitative estimate of drug-likeness (QED) is 0.0437. The summed E-state index contributed by atoms with van der Waals surface area (Å²) in [6, 6.07) is -1.47. The van der Waals surface area contributed by atoms with Gasteiger partial charge in [-0.15, -0.1) is 0 Å². The summed E-state index contributed by atoms with van der Waals surface area (Å²) in [5.41, 5.74) is 0. The van der Waals surface area contributed by atoms with E-state index < -0.39 is 18.0 Å². The molecule has 2 atom stereocenters. The Morgan fingerprint density at radius 1 is 0.458 bits per heavy atom. The number of rotatable bonds is 42. The molecule has 0 aromatic rings. The molecular formula is C41H75N5O13. The van der Waals surface area contributed by atoms with Crippen LogP contribution in [0.1, 0.15) is 135 Å². The molecule has 0 unspecified atom stereocenters. The molecule has 0 aromatic carbocycles. The highest BCUT2D eigenvalue weighted by Crippen LogP contribution is 2.14. The zero-order valence-electron chi connectivity index (χ0n) is 35.8. The topological polar surface area (TPSA) is 257 Å². The Morgan fingerprint density at radius 3 is 1.37 bits per heavy atom. The van der Waals surface area contributed by atoms with Gasteiger partial charge in [-0.05, 0) is 32.6 Å². The van der Waals surface area contributed by atoms with Gasteiger partial charge in [0.05, 0.1) is 39.6 Å². The number of carbonyl (C=O) groups excluding carboxylic acids is 5. The summed E-state index contributed by atoms with van der Waals surface area (Å²) in [6.45, 7) is 3.73. The molecule has 59 heavy (non-hydrogen) atoms. The van der Waals surface area contributed by atoms with Crippen molar-refractivity contribution >= 4 is 41.5 Å². The lowest BCUT2D eigenvalue weighted by Gasteiger charge is -2.17. The number of carbonyl (C=O) groups is 7. The molecule has 0 heterocycles. The van der Waals surface area contributed by atoms with Crippen molar-refractivity contribution in [1.82, 2.24) is 26.6 Å². The van der Waals surface area contributed by atoms with E-state index in [0.717, 1.165) is 44.9 Å². The van der Waals surface area contributed by atoms with Gasteiger partial charge in [-0.3, -0.25) is 28.8 Å². The van der Waals surface area contributed by atoms with Crippen LogP contribution in [0, 0.1) is 0 Å². The summed E-state index contributed by atoms with van der Waals surface area (Å²) in [5, 5.41) is 31.4. The maximum absolute atomic E-state index is 12.4. The first kappa shape index (κ1) is 55.1. The summed E-state index contributed by atoms with van der Waals surface area (Å²) in [4.78, 5) is 82.0. The minimum absolute atomic E-state index is 0.0320. The Morgan fingerprint density at radius 2 is 0.881 bits per heavy atom. The number of aliphatic carboxylic acids is 2. The monoisotopic (exact) mass is 846 g/mol. The van der Waals surface area contributed by atoms with E-state index >= 15 is 0 Å². The van der Waals surface area contributed by atoms with Crippen molar-refractivity contribution < 1.29 is 62.7 Å². The lowest BCUT2D eigenvalue weighted by atomic mass is 10.0. The zero-order chi connectivity index (χ0) is 43.8. The Balaban J connectivity index is 3.79. The third-order valence-corrected chi connectivity index (χ3v) is 9.18. The second kappa shape index (κ2) is 39.6. The van der Waals surface area contributed by atoms with Gasteiger partial charge >= 0.3 is 11.9 Å². The predicted octanol–water partition coefficient (Wildman–Crippen LogP) is 2.99. The smallest absolute Gasteiger partial charge is 0.326 e. The molecule has 0 aliphatic carbocycles. The van der Waals surface area contributed by atoms with Crippen molar-refractivity contribution in [2.24, 2.45) is 0 Å². The lowest BCUT2D eigenvalue weighted by Crippen LogP contribution is -2.42. The predicted molar refractivity (Wildman–Crippen MR) is 221 cm³/mol. The van der Waals surface area contributed by atoms with Gasteiger partial charge in [0.15, 0.2) is 0 Å². The van der Waals surface area contributed by atoms with Crippen molar-refractivity contribution in [3.05, 3.63) is 0 Å². The fraction of sp³-hybridized carbons (Fsp3) is 0.829. The molecular weight excluding hydrogens is 770 g/mol. The van der Waals surface area contributed by atoms with E-state index in [-0.39, 0.29) is 114 Å². The molecule has 0 aliphatic heterocycles. The van der Waals surface area contributed by atoms with Crippen molar-refractivity contribution in [2.45, 2.75) is 147 Å². The highest BCUT2D eigenvalue weighted by molar-refractivity contribution is 5.84. The van der Waals surface area contributed by atoms with Crippen LogP contribution >= 0.6 is 0 Å². The van der Waals surface area contributed by atoms with Gasteiger partial charge in [0.25, 0.3) is 0 Å². The number of likely N-dealkylation sites (N-methyl/N-ethyl adjacent to an activating group) is 1. The first-order valence-electron chi connectivity index (χ1n) is 21.5. The molecule has 0 saturated carbocycles. The summed E-state index contributed by atoms with van der Waals surface area (Å²) in [7, 11) is 1.52. The van der Waals surface area contributed by atoms with E-state index in [1.165, 1.54) is 45.6 Å². The van der Waals surface area contributed by atoms with Gasteiger partial charge in [-0.1, -0.05) is 77.0 Å². The fourth-order valence-corrected chi connectivity index (χ4v) is 5.76. The summed E-state index contributed by atoms with van der Waals surface area (Å²) < 4.78 is 21.0. The van der Waals surface area contributed by atoms with E-state index in [4.69, 9.17) is 24.1 Å². The van der Waals surface area contributed by atoms with E-state index in [1.54, 1.807) is 6.92 Å². The first-order valence-corrected chi connectivity index (χ1v) is 21.5. The molecule has 7 N–H and O–H groups in total. The molecule has 18 nitrogen and oxygen atoms in total. The third kappa shape index (κ3) is 39.4. The average Bonchev–Trinajstić information content (AvgIpc) is 3.19. The third-order valence-electron chi connectivity index (χ3n) is 9.18. The summed E-state index contributed by atoms with van der Waals surface area (Å²) in [5.74, 6) is -3.33. The SMILES string of the molecule is CNC(=O)COCCOCCNC(=O)COCCOCCNC(=O)CC[C@@H](C)NC(=O)CC[C@H](NC(=O)CCCCCCCCCCCCCCCCC(=O)O)C(=O)O. The van der Waals surface area contributed by atoms with Crippen LogP contribution in [0.5, 0.6) is 0 Å². The molecule has 0 fully saturated rings. The van der Waals surface area contributed by atoms with Gasteiger partial charge in [-0.25, -0.2) is 4.79 Å². The number of amides is 5. The Bertz CT molecular complexity index is 1160. The normalized spacial score (nSPS) is 12.0. The first-order chi connectivity index (χ1) is 28.4. The molecule has 342 valence electrons. The van der Waals surface area contributed by atoms with Crippen molar-refractivity contribution in [1.29, 1.82) is 0 Å². The summed E-state index contributed by atoms with van der Waals surface area (Å²) >= 11 is 0. The van der Waals surface area contributed by atoms with Gasteiger partial charge in [0, 0.05) is 51.9 Å². The zero-order valence-corrected chi connectivity index (χ0v) is 35.8. The second-order valence-electron chi connectivity index (χ2n) is 14.6. The van der Waals surface area contributed by atoms with Crippen LogP contribution in [-0.2, 0) is 52.5 Å². The van der Waals surface area contributed by atoms with Crippen LogP contribution in [0.25, 0.3) is 0 Å². The molecule has 0 spiro atoms. The van der Waals surface area contributed by atoms with E-state index in [1.807, 2.05) is 0 Å². The second-order valence-corrected chi connectivity index (χ2v) is 14.6. The average molecular weight is 846 g/mol. The molecule has 0 saturated heterocycles. The Kier molecular flexibility index (Phi) is 37.0. The number of carboxylic acids is 2. The lowest BCUT2D eigenvalue weighted by molar-refractivity contribution is -0.142. The molecule has 0 rings (SSSR count). The van der Waals surface area contributed by atoms with Gasteiger partial charge in [0.2, 0.25) is 29.5 Å². The van der Waals surface area contributed by atoms with Crippen LogP contribution in [-0.4, -0.2) is 137 Å². The number of unbranched alkanes of at least 4 members (excludes halogenated alkanes) is 13. The van der Waals surface area contributed by atoms with Gasteiger partial charge < -0.3 is 55.7 Å². The molecule has 5 amide bonds. The number of nitrogens with one attached hydrogen (secondary N) is 5. The van der Waals surface area contributed by atoms with Gasteiger partial charge in [-0.2, -0.15) is 0 Å². The standard InChI is InChI=1S/C41H75N5O13/c1-33(19-21-35(47)43-23-25-56-28-30-59-32-39(51)44-24-26-57-27-29-58-31-38(50)42-2)45-37(49)22-20-34(41(54)55)46-36(48)17-15-13-11-9-7-5-3-4-6-8-10-12-14-16-18-40(52)53/h33-34H,3-32H2,1-2H3,(H,42,50)(H,43,47)(H,44,51)(H,45,49)(H,46,48)(H,52,53)(H,54,55)/t33-,34+/m1/s1. The van der Waals surface area contributed by atoms with E-state index in [0.29, 0.717) is 32.6 Å². The Hall–Kier alpha value is -3.87. The van der Waals surface area contributed by atoms with Crippen LogP contribution in [0.15, 0.2) is 0 Å². The van der Waals surface area contributed by atoms with Crippen LogP contribution < -0.4 is 26.6 Å². The number of ether oxygens (including phenoxy) is 4. The maximum atomic E-state index is 12.4. The largest absolute Gasteiger partial charge is 0.481 e. The molecule has 18 heteroatoms. The number of hydrogen-bond donors (Lipinski definition) is 7. The molecule has 0 radical (unpaired) electrons. The highest BCUT2D eigenvalue weighted by atomic mass is 16.5.